The van der Waals surface area contributed by atoms with Crippen LogP contribution in [0.1, 0.15) is 17.3 Å². The lowest BCUT2D eigenvalue weighted by atomic mass is 10.0. The van der Waals surface area contributed by atoms with Crippen LogP contribution >= 0.6 is 0 Å². The number of methoxy groups -OCH3 is 1. The number of Topliss-reactive ketones (excluding diaryl/α,β-unsaturated/α-hetero) is 1. The minimum Gasteiger partial charge on any atom is -0.497 e. The molecule has 1 N–H and O–H groups in total. The summed E-state index contributed by atoms with van der Waals surface area (Å²) in [4.78, 5) is 14.8. The average molecular weight is 320 g/mol. The Morgan fingerprint density at radius 2 is 1.83 bits per heavy atom. The van der Waals surface area contributed by atoms with Gasteiger partial charge in [0.2, 0.25) is 0 Å². The van der Waals surface area contributed by atoms with Gasteiger partial charge in [-0.1, -0.05) is 12.2 Å². The number of carbonyl (C=O) groups is 1. The van der Waals surface area contributed by atoms with E-state index in [1.54, 1.807) is 19.2 Å². The van der Waals surface area contributed by atoms with Gasteiger partial charge in [0, 0.05) is 18.0 Å². The maximum atomic E-state index is 12.9. The normalized spacial score (nSPS) is 20.0. The van der Waals surface area contributed by atoms with Crippen molar-refractivity contribution < 1.29 is 9.53 Å². The summed E-state index contributed by atoms with van der Waals surface area (Å²) >= 11 is 0. The Bertz CT molecular complexity index is 767. The van der Waals surface area contributed by atoms with Gasteiger partial charge in [0.15, 0.2) is 5.78 Å². The highest BCUT2D eigenvalue weighted by Crippen LogP contribution is 2.23. The first-order valence-electron chi connectivity index (χ1n) is 7.86. The molecule has 3 rings (SSSR count). The van der Waals surface area contributed by atoms with E-state index in [1.165, 1.54) is 0 Å². The van der Waals surface area contributed by atoms with E-state index in [0.29, 0.717) is 5.56 Å². The van der Waals surface area contributed by atoms with E-state index in [1.807, 2.05) is 72.8 Å². The number of nitrogens with one attached hydrogen (secondary N) is 1. The molecule has 4 nitrogen and oxygen atoms in total. The molecule has 0 spiro atoms. The molecule has 2 heterocycles. The number of ether oxygens (including phenoxy) is 1. The summed E-state index contributed by atoms with van der Waals surface area (Å²) in [5.74, 6) is 0.803. The highest BCUT2D eigenvalue weighted by molar-refractivity contribution is 6.00. The van der Waals surface area contributed by atoms with E-state index in [4.69, 9.17) is 4.74 Å². The molecule has 0 bridgehead atoms. The second-order valence-corrected chi connectivity index (χ2v) is 5.54. The lowest BCUT2D eigenvalue weighted by Crippen LogP contribution is -2.36. The molecule has 0 aliphatic carbocycles. The molecule has 24 heavy (non-hydrogen) atoms. The molecule has 0 saturated heterocycles. The highest BCUT2D eigenvalue weighted by Gasteiger charge is 2.24. The third-order valence-electron chi connectivity index (χ3n) is 4.05. The van der Waals surface area contributed by atoms with Crippen molar-refractivity contribution in [1.82, 2.24) is 10.2 Å². The summed E-state index contributed by atoms with van der Waals surface area (Å²) in [5.41, 5.74) is 2.60. The van der Waals surface area contributed by atoms with Crippen molar-refractivity contribution in [2.24, 2.45) is 0 Å². The smallest absolute Gasteiger partial charge is 0.185 e. The fraction of sp³-hybridized carbons (Fsp3) is 0.150. The van der Waals surface area contributed by atoms with Crippen LogP contribution in [0.5, 0.6) is 5.75 Å². The lowest BCUT2D eigenvalue weighted by Gasteiger charge is -2.31. The van der Waals surface area contributed by atoms with Gasteiger partial charge < -0.3 is 15.0 Å². The summed E-state index contributed by atoms with van der Waals surface area (Å²) in [6, 6.07) is 6.90. The number of benzene rings is 1. The van der Waals surface area contributed by atoms with Crippen LogP contribution in [0.3, 0.4) is 0 Å². The van der Waals surface area contributed by atoms with Gasteiger partial charge in [-0.2, -0.15) is 0 Å². The predicted octanol–water partition coefficient (Wildman–Crippen LogP) is 3.54. The first-order chi connectivity index (χ1) is 11.7. The molecule has 1 aromatic rings. The minimum atomic E-state index is -0.316. The van der Waals surface area contributed by atoms with Gasteiger partial charge >= 0.3 is 0 Å². The molecule has 122 valence electrons. The third kappa shape index (κ3) is 3.18. The Balaban J connectivity index is 1.86. The van der Waals surface area contributed by atoms with Crippen molar-refractivity contribution in [2.45, 2.75) is 13.0 Å². The van der Waals surface area contributed by atoms with Crippen molar-refractivity contribution in [3.05, 3.63) is 90.1 Å². The zero-order valence-corrected chi connectivity index (χ0v) is 13.8. The highest BCUT2D eigenvalue weighted by atomic mass is 16.5. The number of allylic oxidation sites excluding steroid dienone is 6. The summed E-state index contributed by atoms with van der Waals surface area (Å²) in [5, 5.41) is 3.23. The van der Waals surface area contributed by atoms with Crippen LogP contribution in [-0.2, 0) is 0 Å². The standard InChI is InChI=1S/C20H20N2O2/c1-15(20(23)16-9-11-17(24-2)12-10-16)22-14-6-4-8-19(22)18-7-3-5-13-21-18/h3-15,21H,1-2H3/b19-18-. The van der Waals surface area contributed by atoms with Crippen LogP contribution < -0.4 is 10.1 Å². The number of hydrogen-bond acceptors (Lipinski definition) is 4. The number of nitrogens with zero attached hydrogens (tertiary/aromatic N) is 1. The second kappa shape index (κ2) is 7.04. The molecule has 0 saturated carbocycles. The van der Waals surface area contributed by atoms with Gasteiger partial charge in [-0.15, -0.1) is 0 Å². The van der Waals surface area contributed by atoms with Crippen molar-refractivity contribution in [1.29, 1.82) is 0 Å². The Morgan fingerprint density at radius 3 is 2.50 bits per heavy atom. The number of rotatable bonds is 4. The van der Waals surface area contributed by atoms with E-state index >= 15 is 0 Å². The Kier molecular flexibility index (Phi) is 4.66. The molecule has 1 unspecified atom stereocenters. The van der Waals surface area contributed by atoms with Gasteiger partial charge in [0.25, 0.3) is 0 Å². The van der Waals surface area contributed by atoms with Crippen LogP contribution in [-0.4, -0.2) is 23.8 Å². The van der Waals surface area contributed by atoms with E-state index < -0.39 is 0 Å². The van der Waals surface area contributed by atoms with Gasteiger partial charge in [-0.05, 0) is 55.5 Å². The summed E-state index contributed by atoms with van der Waals surface area (Å²) < 4.78 is 5.15. The number of dihydropyridines is 1. The molecule has 2 aliphatic heterocycles. The molecule has 1 aromatic carbocycles. The minimum absolute atomic E-state index is 0.0611. The maximum Gasteiger partial charge on any atom is 0.185 e. The SMILES string of the molecule is COc1ccc(C(=O)C(C)N2C=CC=C/C2=C2\C=CC=CN2)cc1. The van der Waals surface area contributed by atoms with Crippen LogP contribution in [0.2, 0.25) is 0 Å². The molecule has 0 aromatic heterocycles. The van der Waals surface area contributed by atoms with E-state index in [2.05, 4.69) is 5.32 Å². The van der Waals surface area contributed by atoms with Crippen LogP contribution in [0.15, 0.2) is 84.5 Å². The first-order valence-corrected chi connectivity index (χ1v) is 7.86. The largest absolute Gasteiger partial charge is 0.497 e. The molecule has 0 fully saturated rings. The van der Waals surface area contributed by atoms with E-state index in [0.717, 1.165) is 17.1 Å². The number of ketones is 1. The average Bonchev–Trinajstić information content (AvgIpc) is 2.67. The Hall–Kier alpha value is -3.01. The molecular weight excluding hydrogens is 300 g/mol. The third-order valence-corrected chi connectivity index (χ3v) is 4.05. The van der Waals surface area contributed by atoms with E-state index in [9.17, 15) is 4.79 Å². The van der Waals surface area contributed by atoms with Crippen LogP contribution in [0, 0.1) is 0 Å². The van der Waals surface area contributed by atoms with Crippen molar-refractivity contribution in [3.8, 4) is 5.75 Å². The predicted molar refractivity (Wildman–Crippen MR) is 95.3 cm³/mol. The monoisotopic (exact) mass is 320 g/mol. The number of hydrogen-bond donors (Lipinski definition) is 1. The Labute approximate surface area is 142 Å². The topological polar surface area (TPSA) is 41.6 Å². The van der Waals surface area contributed by atoms with Gasteiger partial charge in [0.1, 0.15) is 5.75 Å². The van der Waals surface area contributed by atoms with Crippen LogP contribution in [0.4, 0.5) is 0 Å². The molecular formula is C20H20N2O2. The molecule has 4 heteroatoms. The zero-order chi connectivity index (χ0) is 16.9. The number of carbonyl (C=O) groups excluding carboxylic acids is 1. The van der Waals surface area contributed by atoms with Crippen LogP contribution in [0.25, 0.3) is 0 Å². The van der Waals surface area contributed by atoms with Crippen molar-refractivity contribution >= 4 is 5.78 Å². The molecule has 2 aliphatic rings. The molecule has 0 radical (unpaired) electrons. The summed E-state index contributed by atoms with van der Waals surface area (Å²) in [6.45, 7) is 1.92. The van der Waals surface area contributed by atoms with Crippen molar-refractivity contribution in [2.75, 3.05) is 7.11 Å². The van der Waals surface area contributed by atoms with E-state index in [-0.39, 0.29) is 11.8 Å². The van der Waals surface area contributed by atoms with Gasteiger partial charge in [-0.3, -0.25) is 4.79 Å². The summed E-state index contributed by atoms with van der Waals surface area (Å²) in [6.07, 6.45) is 15.6. The maximum absolute atomic E-state index is 12.9. The van der Waals surface area contributed by atoms with Gasteiger partial charge in [0.05, 0.1) is 24.5 Å². The zero-order valence-electron chi connectivity index (χ0n) is 13.8. The summed E-state index contributed by atoms with van der Waals surface area (Å²) in [7, 11) is 1.61. The van der Waals surface area contributed by atoms with Gasteiger partial charge in [-0.25, -0.2) is 0 Å². The van der Waals surface area contributed by atoms with Crippen molar-refractivity contribution in [3.63, 3.8) is 0 Å². The fourth-order valence-electron chi connectivity index (χ4n) is 2.70. The quantitative estimate of drug-likeness (QED) is 0.862. The Morgan fingerprint density at radius 1 is 1.08 bits per heavy atom. The lowest BCUT2D eigenvalue weighted by molar-refractivity contribution is 0.0908. The second-order valence-electron chi connectivity index (χ2n) is 5.54. The fourth-order valence-corrected chi connectivity index (χ4v) is 2.70. The molecule has 1 atom stereocenters. The molecule has 0 amide bonds. The first kappa shape index (κ1) is 15.9.